The third-order valence-corrected chi connectivity index (χ3v) is 4.23. The fourth-order valence-corrected chi connectivity index (χ4v) is 2.88. The molecule has 0 bridgehead atoms. The number of hydrogen-bond acceptors (Lipinski definition) is 3. The van der Waals surface area contributed by atoms with Gasteiger partial charge >= 0.3 is 6.18 Å². The number of carbonyl (C=O) groups is 1. The van der Waals surface area contributed by atoms with Crippen LogP contribution in [0.4, 0.5) is 18.9 Å². The van der Waals surface area contributed by atoms with Crippen LogP contribution in [0, 0.1) is 11.3 Å². The first-order chi connectivity index (χ1) is 13.2. The van der Waals surface area contributed by atoms with Crippen molar-refractivity contribution in [3.63, 3.8) is 0 Å². The predicted molar refractivity (Wildman–Crippen MR) is 97.7 cm³/mol. The number of anilines is 1. The Morgan fingerprint density at radius 1 is 1.18 bits per heavy atom. The van der Waals surface area contributed by atoms with Gasteiger partial charge in [-0.1, -0.05) is 29.3 Å². The molecule has 1 heterocycles. The number of aromatic nitrogens is 2. The number of nitrogens with zero attached hydrogens (tertiary/aromatic N) is 3. The SMILES string of the molecule is N#Cc1ccc(NC(=O)c2cnn(-c3cccc(Cl)c3)c2C(F)(F)F)cc1Cl. The highest BCUT2D eigenvalue weighted by molar-refractivity contribution is 6.32. The summed E-state index contributed by atoms with van der Waals surface area (Å²) in [6.45, 7) is 0. The van der Waals surface area contributed by atoms with Crippen LogP contribution in [-0.2, 0) is 6.18 Å². The van der Waals surface area contributed by atoms with Gasteiger partial charge in [0.25, 0.3) is 5.91 Å². The molecule has 10 heteroatoms. The van der Waals surface area contributed by atoms with Gasteiger partial charge in [0.2, 0.25) is 0 Å². The van der Waals surface area contributed by atoms with Gasteiger partial charge in [-0.25, -0.2) is 4.68 Å². The molecule has 0 spiro atoms. The molecular formula is C18H9Cl2F3N4O. The van der Waals surface area contributed by atoms with Gasteiger partial charge in [-0.05, 0) is 36.4 Å². The number of alkyl halides is 3. The predicted octanol–water partition coefficient (Wildman–Crippen LogP) is 5.32. The lowest BCUT2D eigenvalue weighted by Crippen LogP contribution is -2.20. The average Bonchev–Trinajstić information content (AvgIpc) is 3.07. The number of hydrogen-bond donors (Lipinski definition) is 1. The lowest BCUT2D eigenvalue weighted by Gasteiger charge is -2.13. The van der Waals surface area contributed by atoms with E-state index in [1.165, 1.54) is 42.5 Å². The van der Waals surface area contributed by atoms with E-state index >= 15 is 0 Å². The summed E-state index contributed by atoms with van der Waals surface area (Å²) in [4.78, 5) is 12.5. The van der Waals surface area contributed by atoms with Gasteiger partial charge in [0.05, 0.1) is 28.0 Å². The fourth-order valence-electron chi connectivity index (χ4n) is 2.47. The normalized spacial score (nSPS) is 11.1. The van der Waals surface area contributed by atoms with E-state index < -0.39 is 23.3 Å². The van der Waals surface area contributed by atoms with Gasteiger partial charge in [0.15, 0.2) is 5.69 Å². The Labute approximate surface area is 166 Å². The van der Waals surface area contributed by atoms with Crippen LogP contribution in [0.5, 0.6) is 0 Å². The fraction of sp³-hybridized carbons (Fsp3) is 0.0556. The molecule has 3 rings (SSSR count). The van der Waals surface area contributed by atoms with Crippen LogP contribution in [0.25, 0.3) is 5.69 Å². The molecular weight excluding hydrogens is 416 g/mol. The Balaban J connectivity index is 2.01. The monoisotopic (exact) mass is 424 g/mol. The highest BCUT2D eigenvalue weighted by Crippen LogP contribution is 2.34. The maximum absolute atomic E-state index is 13.7. The molecule has 0 aliphatic heterocycles. The van der Waals surface area contributed by atoms with Crippen LogP contribution in [0.2, 0.25) is 10.0 Å². The molecule has 0 fully saturated rings. The van der Waals surface area contributed by atoms with E-state index in [0.717, 1.165) is 6.20 Å². The van der Waals surface area contributed by atoms with Crippen molar-refractivity contribution < 1.29 is 18.0 Å². The minimum absolute atomic E-state index is 0.0558. The molecule has 0 saturated carbocycles. The largest absolute Gasteiger partial charge is 0.434 e. The number of nitrogens with one attached hydrogen (secondary N) is 1. The van der Waals surface area contributed by atoms with Crippen LogP contribution in [0.15, 0.2) is 48.7 Å². The van der Waals surface area contributed by atoms with Crippen LogP contribution in [0.1, 0.15) is 21.6 Å². The molecule has 3 aromatic rings. The highest BCUT2D eigenvalue weighted by Gasteiger charge is 2.40. The van der Waals surface area contributed by atoms with Gasteiger partial charge in [0, 0.05) is 10.7 Å². The summed E-state index contributed by atoms with van der Waals surface area (Å²) in [5.74, 6) is -1.03. The Bertz CT molecular complexity index is 1100. The minimum Gasteiger partial charge on any atom is -0.322 e. The Morgan fingerprint density at radius 3 is 2.54 bits per heavy atom. The van der Waals surface area contributed by atoms with Crippen molar-refractivity contribution in [2.75, 3.05) is 5.32 Å². The number of amides is 1. The molecule has 28 heavy (non-hydrogen) atoms. The number of nitriles is 1. The van der Waals surface area contributed by atoms with E-state index in [1.807, 2.05) is 6.07 Å². The van der Waals surface area contributed by atoms with Crippen molar-refractivity contribution in [2.24, 2.45) is 0 Å². The van der Waals surface area contributed by atoms with Gasteiger partial charge in [0.1, 0.15) is 6.07 Å². The lowest BCUT2D eigenvalue weighted by molar-refractivity contribution is -0.143. The van der Waals surface area contributed by atoms with Crippen LogP contribution in [-0.4, -0.2) is 15.7 Å². The maximum Gasteiger partial charge on any atom is 0.434 e. The second kappa shape index (κ2) is 7.54. The van der Waals surface area contributed by atoms with Crippen molar-refractivity contribution in [1.29, 1.82) is 5.26 Å². The molecule has 5 nitrogen and oxygen atoms in total. The van der Waals surface area contributed by atoms with Gasteiger partial charge in [-0.3, -0.25) is 4.79 Å². The van der Waals surface area contributed by atoms with Crippen molar-refractivity contribution in [3.05, 3.63) is 75.5 Å². The van der Waals surface area contributed by atoms with Crippen LogP contribution >= 0.6 is 23.2 Å². The first-order valence-corrected chi connectivity index (χ1v) is 8.38. The standard InChI is InChI=1S/C18H9Cl2F3N4O/c19-11-2-1-3-13(6-11)27-16(18(21,22)23)14(9-25-27)17(28)26-12-5-4-10(8-24)15(20)7-12/h1-7,9H,(H,26,28). The summed E-state index contributed by atoms with van der Waals surface area (Å²) in [5, 5.41) is 15.2. The Morgan fingerprint density at radius 2 is 1.93 bits per heavy atom. The molecule has 0 saturated heterocycles. The first-order valence-electron chi connectivity index (χ1n) is 7.63. The summed E-state index contributed by atoms with van der Waals surface area (Å²) in [7, 11) is 0. The van der Waals surface area contributed by atoms with Crippen LogP contribution < -0.4 is 5.32 Å². The van der Waals surface area contributed by atoms with E-state index in [-0.39, 0.29) is 27.0 Å². The average molecular weight is 425 g/mol. The minimum atomic E-state index is -4.85. The molecule has 1 aromatic heterocycles. The Hall–Kier alpha value is -3.02. The summed E-state index contributed by atoms with van der Waals surface area (Å²) in [6.07, 6.45) is -4.03. The molecule has 0 aliphatic carbocycles. The molecule has 0 atom stereocenters. The van der Waals surface area contributed by atoms with E-state index in [9.17, 15) is 18.0 Å². The number of rotatable bonds is 3. The lowest BCUT2D eigenvalue weighted by atomic mass is 10.2. The summed E-state index contributed by atoms with van der Waals surface area (Å²) in [5.41, 5.74) is -1.55. The summed E-state index contributed by atoms with van der Waals surface area (Å²) < 4.78 is 41.6. The summed E-state index contributed by atoms with van der Waals surface area (Å²) in [6, 6.07) is 11.5. The summed E-state index contributed by atoms with van der Waals surface area (Å²) >= 11 is 11.7. The highest BCUT2D eigenvalue weighted by atomic mass is 35.5. The van der Waals surface area contributed by atoms with E-state index in [0.29, 0.717) is 4.68 Å². The Kier molecular flexibility index (Phi) is 5.31. The molecule has 0 aliphatic rings. The smallest absolute Gasteiger partial charge is 0.322 e. The first kappa shape index (κ1) is 19.7. The molecule has 2 aromatic carbocycles. The van der Waals surface area contributed by atoms with E-state index in [1.54, 1.807) is 0 Å². The van der Waals surface area contributed by atoms with Crippen molar-refractivity contribution >= 4 is 34.8 Å². The van der Waals surface area contributed by atoms with Crippen molar-refractivity contribution in [3.8, 4) is 11.8 Å². The zero-order valence-corrected chi connectivity index (χ0v) is 15.3. The number of halogens is 5. The number of carbonyl (C=O) groups excluding carboxylic acids is 1. The molecule has 1 N–H and O–H groups in total. The third-order valence-electron chi connectivity index (χ3n) is 3.68. The van der Waals surface area contributed by atoms with Gasteiger partial charge < -0.3 is 5.32 Å². The van der Waals surface area contributed by atoms with E-state index in [2.05, 4.69) is 10.4 Å². The van der Waals surface area contributed by atoms with E-state index in [4.69, 9.17) is 28.5 Å². The molecule has 0 radical (unpaired) electrons. The quantitative estimate of drug-likeness (QED) is 0.618. The zero-order chi connectivity index (χ0) is 20.5. The van der Waals surface area contributed by atoms with Crippen molar-refractivity contribution in [2.45, 2.75) is 6.18 Å². The molecule has 142 valence electrons. The molecule has 1 amide bonds. The second-order valence-corrected chi connectivity index (χ2v) is 6.40. The zero-order valence-electron chi connectivity index (χ0n) is 13.8. The van der Waals surface area contributed by atoms with Crippen molar-refractivity contribution in [1.82, 2.24) is 9.78 Å². The molecule has 0 unspecified atom stereocenters. The third kappa shape index (κ3) is 3.96. The second-order valence-electron chi connectivity index (χ2n) is 5.56. The van der Waals surface area contributed by atoms with Crippen LogP contribution in [0.3, 0.4) is 0 Å². The number of benzene rings is 2. The van der Waals surface area contributed by atoms with Gasteiger partial charge in [-0.15, -0.1) is 0 Å². The topological polar surface area (TPSA) is 70.7 Å². The maximum atomic E-state index is 13.7. The van der Waals surface area contributed by atoms with Gasteiger partial charge in [-0.2, -0.15) is 23.5 Å².